The Labute approximate surface area is 113 Å². The van der Waals surface area contributed by atoms with Crippen molar-refractivity contribution in [2.75, 3.05) is 5.73 Å². The smallest absolute Gasteiger partial charge is 0.141 e. The number of benzene rings is 1. The first-order chi connectivity index (χ1) is 8.60. The molecule has 1 aromatic heterocycles. The van der Waals surface area contributed by atoms with Crippen LogP contribution in [0, 0.1) is 5.82 Å². The van der Waals surface area contributed by atoms with Gasteiger partial charge in [0, 0.05) is 6.42 Å². The molecule has 5 heteroatoms. The van der Waals surface area contributed by atoms with Gasteiger partial charge in [-0.15, -0.1) is 0 Å². The largest absolute Gasteiger partial charge is 0.383 e. The molecular weight excluding hydrogens is 297 g/mol. The van der Waals surface area contributed by atoms with E-state index in [2.05, 4.69) is 25.9 Å². The predicted molar refractivity (Wildman–Crippen MR) is 72.7 cm³/mol. The quantitative estimate of drug-likeness (QED) is 0.947. The maximum absolute atomic E-state index is 12.8. The first-order valence-corrected chi connectivity index (χ1v) is 6.44. The summed E-state index contributed by atoms with van der Waals surface area (Å²) in [5, 5.41) is 0. The first-order valence-electron chi connectivity index (χ1n) is 5.65. The van der Waals surface area contributed by atoms with Crippen molar-refractivity contribution >= 4 is 21.7 Å². The number of nitrogens with zero attached hydrogens (tertiary/aromatic N) is 2. The molecule has 0 bridgehead atoms. The van der Waals surface area contributed by atoms with Crippen LogP contribution >= 0.6 is 15.9 Å². The Morgan fingerprint density at radius 2 is 1.89 bits per heavy atom. The second kappa shape index (κ2) is 5.44. The van der Waals surface area contributed by atoms with Crippen molar-refractivity contribution in [3.63, 3.8) is 0 Å². The first kappa shape index (κ1) is 13.0. The van der Waals surface area contributed by atoms with E-state index in [1.165, 1.54) is 12.1 Å². The Morgan fingerprint density at radius 3 is 2.50 bits per heavy atom. The Kier molecular flexibility index (Phi) is 3.91. The Hall–Kier alpha value is -1.49. The van der Waals surface area contributed by atoms with Gasteiger partial charge in [0.2, 0.25) is 0 Å². The molecule has 0 aliphatic carbocycles. The molecule has 3 nitrogen and oxygen atoms in total. The molecule has 0 saturated carbocycles. The molecular formula is C13H13BrFN3. The highest BCUT2D eigenvalue weighted by atomic mass is 79.9. The molecule has 0 aliphatic heterocycles. The molecule has 1 heterocycles. The molecule has 2 N–H and O–H groups in total. The Morgan fingerprint density at radius 1 is 1.22 bits per heavy atom. The van der Waals surface area contributed by atoms with Crippen molar-refractivity contribution in [1.29, 1.82) is 0 Å². The zero-order chi connectivity index (χ0) is 13.1. The number of hydrogen-bond donors (Lipinski definition) is 1. The number of nitrogens with two attached hydrogens (primary N) is 1. The molecule has 0 aliphatic rings. The van der Waals surface area contributed by atoms with E-state index in [9.17, 15) is 4.39 Å². The SMILES string of the molecule is CCc1nc(Cc2ccc(F)cc2)nc(N)c1Br. The van der Waals surface area contributed by atoms with Gasteiger partial charge in [0.15, 0.2) is 0 Å². The van der Waals surface area contributed by atoms with Gasteiger partial charge in [-0.25, -0.2) is 14.4 Å². The highest BCUT2D eigenvalue weighted by molar-refractivity contribution is 9.10. The van der Waals surface area contributed by atoms with Crippen molar-refractivity contribution < 1.29 is 4.39 Å². The van der Waals surface area contributed by atoms with E-state index in [1.54, 1.807) is 12.1 Å². The van der Waals surface area contributed by atoms with Crippen LogP contribution in [0.4, 0.5) is 10.2 Å². The highest BCUT2D eigenvalue weighted by Gasteiger charge is 2.09. The van der Waals surface area contributed by atoms with Crippen LogP contribution in [0.2, 0.25) is 0 Å². The van der Waals surface area contributed by atoms with Crippen molar-refractivity contribution in [2.24, 2.45) is 0 Å². The monoisotopic (exact) mass is 309 g/mol. The molecule has 0 fully saturated rings. The van der Waals surface area contributed by atoms with Crippen LogP contribution in [0.1, 0.15) is 24.0 Å². The summed E-state index contributed by atoms with van der Waals surface area (Å²) in [6, 6.07) is 6.31. The molecule has 0 unspecified atom stereocenters. The molecule has 0 saturated heterocycles. The predicted octanol–water partition coefficient (Wildman–Crippen LogP) is 3.11. The fourth-order valence-corrected chi connectivity index (χ4v) is 2.12. The Balaban J connectivity index is 2.29. The summed E-state index contributed by atoms with van der Waals surface area (Å²) >= 11 is 3.37. The summed E-state index contributed by atoms with van der Waals surface area (Å²) in [7, 11) is 0. The van der Waals surface area contributed by atoms with Gasteiger partial charge in [0.25, 0.3) is 0 Å². The van der Waals surface area contributed by atoms with Gasteiger partial charge in [0.05, 0.1) is 10.2 Å². The van der Waals surface area contributed by atoms with Crippen LogP contribution in [0.15, 0.2) is 28.7 Å². The van der Waals surface area contributed by atoms with E-state index in [0.29, 0.717) is 18.1 Å². The number of nitrogen functional groups attached to an aromatic ring is 1. The number of rotatable bonds is 3. The van der Waals surface area contributed by atoms with E-state index >= 15 is 0 Å². The van der Waals surface area contributed by atoms with Gasteiger partial charge in [-0.2, -0.15) is 0 Å². The van der Waals surface area contributed by atoms with Crippen molar-refractivity contribution in [1.82, 2.24) is 9.97 Å². The summed E-state index contributed by atoms with van der Waals surface area (Å²) in [5.74, 6) is 0.849. The standard InChI is InChI=1S/C13H13BrFN3/c1-2-10-12(14)13(16)18-11(17-10)7-8-3-5-9(15)6-4-8/h3-6H,2,7H2,1H3,(H2,16,17,18). The van der Waals surface area contributed by atoms with Crippen LogP contribution in [0.3, 0.4) is 0 Å². The van der Waals surface area contributed by atoms with E-state index in [0.717, 1.165) is 22.2 Å². The van der Waals surface area contributed by atoms with Gasteiger partial charge >= 0.3 is 0 Å². The number of anilines is 1. The van der Waals surface area contributed by atoms with Crippen LogP contribution in [0.25, 0.3) is 0 Å². The minimum absolute atomic E-state index is 0.246. The van der Waals surface area contributed by atoms with E-state index in [4.69, 9.17) is 5.73 Å². The fraction of sp³-hybridized carbons (Fsp3) is 0.231. The number of hydrogen-bond acceptors (Lipinski definition) is 3. The maximum Gasteiger partial charge on any atom is 0.141 e. The fourth-order valence-electron chi connectivity index (χ4n) is 1.66. The third kappa shape index (κ3) is 2.85. The Bertz CT molecular complexity index is 555. The molecule has 1 aromatic carbocycles. The molecule has 2 rings (SSSR count). The van der Waals surface area contributed by atoms with E-state index in [-0.39, 0.29) is 5.82 Å². The molecule has 18 heavy (non-hydrogen) atoms. The number of halogens is 2. The van der Waals surface area contributed by atoms with E-state index < -0.39 is 0 Å². The van der Waals surface area contributed by atoms with Crippen molar-refractivity contribution in [2.45, 2.75) is 19.8 Å². The second-order valence-corrected chi connectivity index (χ2v) is 4.74. The van der Waals surface area contributed by atoms with Gasteiger partial charge in [0.1, 0.15) is 17.5 Å². The topological polar surface area (TPSA) is 51.8 Å². The molecule has 0 atom stereocenters. The summed E-state index contributed by atoms with van der Waals surface area (Å²) in [6.45, 7) is 2.01. The average molecular weight is 310 g/mol. The maximum atomic E-state index is 12.8. The lowest BCUT2D eigenvalue weighted by atomic mass is 10.1. The van der Waals surface area contributed by atoms with Gasteiger partial charge in [-0.3, -0.25) is 0 Å². The number of aryl methyl sites for hydroxylation is 1. The summed E-state index contributed by atoms with van der Waals surface area (Å²) in [4.78, 5) is 8.66. The third-order valence-electron chi connectivity index (χ3n) is 2.60. The minimum atomic E-state index is -0.246. The highest BCUT2D eigenvalue weighted by Crippen LogP contribution is 2.22. The molecule has 0 spiro atoms. The lowest BCUT2D eigenvalue weighted by molar-refractivity contribution is 0.627. The van der Waals surface area contributed by atoms with Crippen LogP contribution in [0.5, 0.6) is 0 Å². The molecule has 0 radical (unpaired) electrons. The van der Waals surface area contributed by atoms with Crippen LogP contribution in [-0.2, 0) is 12.8 Å². The number of aromatic nitrogens is 2. The third-order valence-corrected chi connectivity index (χ3v) is 3.47. The molecule has 2 aromatic rings. The van der Waals surface area contributed by atoms with Crippen LogP contribution < -0.4 is 5.73 Å². The van der Waals surface area contributed by atoms with E-state index in [1.807, 2.05) is 6.92 Å². The molecule has 94 valence electrons. The summed E-state index contributed by atoms with van der Waals surface area (Å²) < 4.78 is 13.6. The summed E-state index contributed by atoms with van der Waals surface area (Å²) in [5.41, 5.74) is 7.66. The lowest BCUT2D eigenvalue weighted by Crippen LogP contribution is -2.05. The zero-order valence-corrected chi connectivity index (χ0v) is 11.5. The second-order valence-electron chi connectivity index (χ2n) is 3.94. The zero-order valence-electron chi connectivity index (χ0n) is 9.95. The minimum Gasteiger partial charge on any atom is -0.383 e. The lowest BCUT2D eigenvalue weighted by Gasteiger charge is -2.07. The van der Waals surface area contributed by atoms with Crippen molar-refractivity contribution in [3.05, 3.63) is 51.6 Å². The van der Waals surface area contributed by atoms with Gasteiger partial charge < -0.3 is 5.73 Å². The average Bonchev–Trinajstić information content (AvgIpc) is 2.36. The van der Waals surface area contributed by atoms with Crippen molar-refractivity contribution in [3.8, 4) is 0 Å². The molecule has 0 amide bonds. The van der Waals surface area contributed by atoms with Gasteiger partial charge in [-0.1, -0.05) is 19.1 Å². The van der Waals surface area contributed by atoms with Crippen LogP contribution in [-0.4, -0.2) is 9.97 Å². The normalized spacial score (nSPS) is 10.6. The van der Waals surface area contributed by atoms with Gasteiger partial charge in [-0.05, 0) is 40.0 Å². The summed E-state index contributed by atoms with van der Waals surface area (Å²) in [6.07, 6.45) is 1.33.